The Kier molecular flexibility index (Phi) is 6.00. The van der Waals surface area contributed by atoms with Gasteiger partial charge in [-0.1, -0.05) is 27.7 Å². The van der Waals surface area contributed by atoms with Gasteiger partial charge >= 0.3 is 0 Å². The maximum Gasteiger partial charge on any atom is 0.126 e. The lowest BCUT2D eigenvalue weighted by Gasteiger charge is -2.31. The quantitative estimate of drug-likeness (QED) is 0.843. The summed E-state index contributed by atoms with van der Waals surface area (Å²) in [6.45, 7) is 14.5. The highest BCUT2D eigenvalue weighted by Gasteiger charge is 2.18. The van der Waals surface area contributed by atoms with Gasteiger partial charge in [0.05, 0.1) is 0 Å². The zero-order chi connectivity index (χ0) is 15.4. The van der Waals surface area contributed by atoms with Gasteiger partial charge in [0.1, 0.15) is 5.82 Å². The molecule has 0 saturated heterocycles. The number of aryl methyl sites for hydroxylation is 1. The lowest BCUT2D eigenvalue weighted by atomic mass is 10.0. The molecule has 0 aliphatic rings. The van der Waals surface area contributed by atoms with Crippen molar-refractivity contribution in [1.29, 1.82) is 0 Å². The Balaban J connectivity index is 3.26. The van der Waals surface area contributed by atoms with Crippen molar-refractivity contribution in [2.24, 2.45) is 17.6 Å². The third-order valence-electron chi connectivity index (χ3n) is 3.31. The van der Waals surface area contributed by atoms with Crippen LogP contribution in [0.3, 0.4) is 0 Å². The first-order chi connectivity index (χ1) is 9.22. The summed E-state index contributed by atoms with van der Waals surface area (Å²) in [4.78, 5) is 2.35. The van der Waals surface area contributed by atoms with Crippen molar-refractivity contribution in [1.82, 2.24) is 0 Å². The molecule has 1 aromatic carbocycles. The summed E-state index contributed by atoms with van der Waals surface area (Å²) in [5.41, 5.74) is 8.70. The predicted molar refractivity (Wildman–Crippen MR) is 85.6 cm³/mol. The van der Waals surface area contributed by atoms with E-state index in [1.54, 1.807) is 6.07 Å². The maximum atomic E-state index is 13.8. The van der Waals surface area contributed by atoms with Gasteiger partial charge in [-0.25, -0.2) is 4.39 Å². The minimum atomic E-state index is -0.171. The van der Waals surface area contributed by atoms with Crippen LogP contribution in [0.1, 0.15) is 51.8 Å². The highest BCUT2D eigenvalue weighted by Crippen LogP contribution is 2.29. The lowest BCUT2D eigenvalue weighted by molar-refractivity contribution is 0.548. The Hall–Kier alpha value is -1.09. The van der Waals surface area contributed by atoms with E-state index in [0.29, 0.717) is 17.4 Å². The minimum Gasteiger partial charge on any atom is -0.371 e. The summed E-state index contributed by atoms with van der Waals surface area (Å²) >= 11 is 0. The lowest BCUT2D eigenvalue weighted by Crippen LogP contribution is -2.33. The van der Waals surface area contributed by atoms with E-state index in [2.05, 4.69) is 32.6 Å². The number of halogens is 1. The molecule has 0 radical (unpaired) electrons. The smallest absolute Gasteiger partial charge is 0.126 e. The molecule has 20 heavy (non-hydrogen) atoms. The molecule has 0 aliphatic carbocycles. The molecule has 0 aliphatic heterocycles. The van der Waals surface area contributed by atoms with E-state index in [0.717, 1.165) is 24.3 Å². The van der Waals surface area contributed by atoms with Gasteiger partial charge < -0.3 is 10.6 Å². The second-order valence-corrected chi connectivity index (χ2v) is 6.64. The molecule has 0 bridgehead atoms. The number of hydrogen-bond donors (Lipinski definition) is 1. The first-order valence-electron chi connectivity index (χ1n) is 7.53. The van der Waals surface area contributed by atoms with Gasteiger partial charge in [0, 0.05) is 24.8 Å². The van der Waals surface area contributed by atoms with Crippen LogP contribution in [0.25, 0.3) is 0 Å². The highest BCUT2D eigenvalue weighted by molar-refractivity contribution is 5.57. The van der Waals surface area contributed by atoms with E-state index in [4.69, 9.17) is 5.73 Å². The Labute approximate surface area is 123 Å². The summed E-state index contributed by atoms with van der Waals surface area (Å²) in [6, 6.07) is 3.38. The molecule has 1 atom stereocenters. The molecule has 1 rings (SSSR count). The minimum absolute atomic E-state index is 0.165. The normalized spacial score (nSPS) is 13.1. The fraction of sp³-hybridized carbons (Fsp3) is 0.647. The van der Waals surface area contributed by atoms with E-state index in [9.17, 15) is 4.39 Å². The predicted octanol–water partition coefficient (Wildman–Crippen LogP) is 4.27. The Morgan fingerprint density at radius 1 is 1.05 bits per heavy atom. The highest BCUT2D eigenvalue weighted by atomic mass is 19.1. The van der Waals surface area contributed by atoms with E-state index in [1.807, 2.05) is 19.9 Å². The number of rotatable bonds is 6. The SMILES string of the molecule is Cc1cc(N(CC(C)C)CC(C)C)c(C(C)N)cc1F. The van der Waals surface area contributed by atoms with E-state index >= 15 is 0 Å². The zero-order valence-corrected chi connectivity index (χ0v) is 13.7. The van der Waals surface area contributed by atoms with Crippen LogP contribution in [-0.2, 0) is 0 Å². The van der Waals surface area contributed by atoms with Crippen LogP contribution in [0.5, 0.6) is 0 Å². The van der Waals surface area contributed by atoms with Crippen LogP contribution in [0.4, 0.5) is 10.1 Å². The molecule has 0 saturated carbocycles. The molecular formula is C17H29FN2. The summed E-state index contributed by atoms with van der Waals surface area (Å²) in [5.74, 6) is 0.940. The van der Waals surface area contributed by atoms with Crippen molar-refractivity contribution in [3.8, 4) is 0 Å². The van der Waals surface area contributed by atoms with E-state index in [1.165, 1.54) is 0 Å². The van der Waals surface area contributed by atoms with Gasteiger partial charge in [0.25, 0.3) is 0 Å². The van der Waals surface area contributed by atoms with Crippen molar-refractivity contribution in [3.63, 3.8) is 0 Å². The van der Waals surface area contributed by atoms with Gasteiger partial charge in [-0.05, 0) is 48.9 Å². The zero-order valence-electron chi connectivity index (χ0n) is 13.7. The van der Waals surface area contributed by atoms with Gasteiger partial charge in [-0.15, -0.1) is 0 Å². The Morgan fingerprint density at radius 2 is 1.55 bits per heavy atom. The van der Waals surface area contributed by atoms with Crippen molar-refractivity contribution < 1.29 is 4.39 Å². The number of nitrogens with zero attached hydrogens (tertiary/aromatic N) is 1. The molecule has 0 spiro atoms. The molecule has 0 aromatic heterocycles. The van der Waals surface area contributed by atoms with Gasteiger partial charge in [-0.3, -0.25) is 0 Å². The molecule has 0 heterocycles. The third kappa shape index (κ3) is 4.48. The third-order valence-corrected chi connectivity index (χ3v) is 3.31. The average Bonchev–Trinajstić information content (AvgIpc) is 2.29. The monoisotopic (exact) mass is 280 g/mol. The van der Waals surface area contributed by atoms with Crippen molar-refractivity contribution >= 4 is 5.69 Å². The largest absolute Gasteiger partial charge is 0.371 e. The van der Waals surface area contributed by atoms with E-state index in [-0.39, 0.29) is 11.9 Å². The van der Waals surface area contributed by atoms with Crippen LogP contribution in [0.2, 0.25) is 0 Å². The van der Waals surface area contributed by atoms with Gasteiger partial charge in [0.15, 0.2) is 0 Å². The van der Waals surface area contributed by atoms with Crippen LogP contribution < -0.4 is 10.6 Å². The molecule has 3 heteroatoms. The standard InChI is InChI=1S/C17H29FN2/c1-11(2)9-20(10-12(3)4)17-7-13(5)16(18)8-15(17)14(6)19/h7-8,11-12,14H,9-10,19H2,1-6H3. The topological polar surface area (TPSA) is 29.3 Å². The second-order valence-electron chi connectivity index (χ2n) is 6.64. The Bertz CT molecular complexity index is 429. The maximum absolute atomic E-state index is 13.8. The van der Waals surface area contributed by atoms with Crippen LogP contribution in [0, 0.1) is 24.6 Å². The molecule has 1 unspecified atom stereocenters. The number of anilines is 1. The fourth-order valence-corrected chi connectivity index (χ4v) is 2.47. The summed E-state index contributed by atoms with van der Waals surface area (Å²) in [5, 5.41) is 0. The van der Waals surface area contributed by atoms with Gasteiger partial charge in [0.2, 0.25) is 0 Å². The summed E-state index contributed by atoms with van der Waals surface area (Å²) in [7, 11) is 0. The molecule has 114 valence electrons. The first kappa shape index (κ1) is 17.0. The number of hydrogen-bond acceptors (Lipinski definition) is 2. The van der Waals surface area contributed by atoms with Crippen molar-refractivity contribution in [2.75, 3.05) is 18.0 Å². The average molecular weight is 280 g/mol. The van der Waals surface area contributed by atoms with Crippen LogP contribution in [0.15, 0.2) is 12.1 Å². The summed E-state index contributed by atoms with van der Waals surface area (Å²) < 4.78 is 13.8. The number of nitrogens with two attached hydrogens (primary N) is 1. The van der Waals surface area contributed by atoms with Crippen LogP contribution >= 0.6 is 0 Å². The molecule has 2 nitrogen and oxygen atoms in total. The molecule has 2 N–H and O–H groups in total. The van der Waals surface area contributed by atoms with Crippen molar-refractivity contribution in [2.45, 2.75) is 47.6 Å². The Morgan fingerprint density at radius 3 is 1.95 bits per heavy atom. The second kappa shape index (κ2) is 7.07. The van der Waals surface area contributed by atoms with Crippen molar-refractivity contribution in [3.05, 3.63) is 29.1 Å². The molecule has 0 fully saturated rings. The molecule has 1 aromatic rings. The van der Waals surface area contributed by atoms with Crippen LogP contribution in [-0.4, -0.2) is 13.1 Å². The fourth-order valence-electron chi connectivity index (χ4n) is 2.47. The van der Waals surface area contributed by atoms with E-state index < -0.39 is 0 Å². The first-order valence-corrected chi connectivity index (χ1v) is 7.53. The molecule has 0 amide bonds. The van der Waals surface area contributed by atoms with Gasteiger partial charge in [-0.2, -0.15) is 0 Å². The molecular weight excluding hydrogens is 251 g/mol. The number of benzene rings is 1. The summed E-state index contributed by atoms with van der Waals surface area (Å²) in [6.07, 6.45) is 0.